The summed E-state index contributed by atoms with van der Waals surface area (Å²) in [6.07, 6.45) is 7.68. The van der Waals surface area contributed by atoms with E-state index in [0.717, 1.165) is 29.1 Å². The minimum absolute atomic E-state index is 0.0686. The monoisotopic (exact) mass is 374 g/mol. The number of pyridine rings is 1. The molecule has 4 rings (SSSR count). The van der Waals surface area contributed by atoms with Crippen LogP contribution in [-0.4, -0.2) is 40.5 Å². The first-order valence-electron chi connectivity index (χ1n) is 9.38. The number of nitrogens with one attached hydrogen (secondary N) is 2. The van der Waals surface area contributed by atoms with Gasteiger partial charge >= 0.3 is 0 Å². The highest BCUT2D eigenvalue weighted by molar-refractivity contribution is 8.16. The van der Waals surface area contributed by atoms with Crippen LogP contribution in [0.3, 0.4) is 0 Å². The summed E-state index contributed by atoms with van der Waals surface area (Å²) in [6, 6.07) is 4.17. The quantitative estimate of drug-likeness (QED) is 0.800. The topological polar surface area (TPSA) is 75.6 Å². The number of ether oxygens (including phenoxy) is 1. The van der Waals surface area contributed by atoms with Gasteiger partial charge in [0.25, 0.3) is 0 Å². The van der Waals surface area contributed by atoms with Crippen molar-refractivity contribution in [2.24, 2.45) is 16.8 Å². The first kappa shape index (κ1) is 17.6. The lowest BCUT2D eigenvalue weighted by Crippen LogP contribution is -2.35. The number of fused-ring (bicyclic) bond motifs is 2. The first-order valence-corrected chi connectivity index (χ1v) is 10.2. The second-order valence-corrected chi connectivity index (χ2v) is 9.22. The number of hydrogen-bond acceptors (Lipinski definition) is 6. The molecular weight excluding hydrogens is 348 g/mol. The largest absolute Gasteiger partial charge is 0.481 e. The molecule has 1 aliphatic heterocycles. The first-order chi connectivity index (χ1) is 12.6. The van der Waals surface area contributed by atoms with Gasteiger partial charge in [-0.25, -0.2) is 4.98 Å². The molecule has 26 heavy (non-hydrogen) atoms. The summed E-state index contributed by atoms with van der Waals surface area (Å²) in [7, 11) is 1.60. The van der Waals surface area contributed by atoms with Crippen molar-refractivity contribution in [3.63, 3.8) is 0 Å². The highest BCUT2D eigenvalue weighted by Gasteiger charge is 2.44. The van der Waals surface area contributed by atoms with E-state index in [1.165, 1.54) is 25.7 Å². The Kier molecular flexibility index (Phi) is 4.82. The number of aliphatic imine (C=N–C) groups is 1. The van der Waals surface area contributed by atoms with Crippen LogP contribution in [0.4, 0.5) is 5.69 Å². The van der Waals surface area contributed by atoms with E-state index in [-0.39, 0.29) is 5.91 Å². The predicted molar refractivity (Wildman–Crippen MR) is 105 cm³/mol. The van der Waals surface area contributed by atoms with Crippen LogP contribution in [0, 0.1) is 11.8 Å². The van der Waals surface area contributed by atoms with Gasteiger partial charge in [-0.05, 0) is 50.5 Å². The summed E-state index contributed by atoms with van der Waals surface area (Å²) in [5.41, 5.74) is 0.925. The Morgan fingerprint density at radius 3 is 2.96 bits per heavy atom. The maximum Gasteiger partial charge on any atom is 0.242 e. The van der Waals surface area contributed by atoms with Gasteiger partial charge in [0.1, 0.15) is 4.75 Å². The molecule has 1 aromatic heterocycles. The number of carbonyl (C=O) groups is 1. The van der Waals surface area contributed by atoms with Crippen molar-refractivity contribution in [3.8, 4) is 5.88 Å². The minimum atomic E-state index is -0.469. The van der Waals surface area contributed by atoms with Crippen molar-refractivity contribution in [1.82, 2.24) is 10.3 Å². The Morgan fingerprint density at radius 2 is 2.31 bits per heavy atom. The van der Waals surface area contributed by atoms with Gasteiger partial charge in [-0.15, -0.1) is 0 Å². The van der Waals surface area contributed by atoms with E-state index in [1.54, 1.807) is 25.1 Å². The molecule has 1 aromatic rings. The Balaban J connectivity index is 1.32. The van der Waals surface area contributed by atoms with Gasteiger partial charge in [0.2, 0.25) is 11.8 Å². The summed E-state index contributed by atoms with van der Waals surface area (Å²) in [6.45, 7) is 2.70. The Labute approximate surface area is 158 Å². The molecule has 6 nitrogen and oxygen atoms in total. The van der Waals surface area contributed by atoms with Crippen LogP contribution in [0.5, 0.6) is 5.88 Å². The number of amidine groups is 1. The lowest BCUT2D eigenvalue weighted by molar-refractivity contribution is -0.121. The maximum absolute atomic E-state index is 12.5. The molecule has 2 saturated carbocycles. The van der Waals surface area contributed by atoms with Gasteiger partial charge in [-0.2, -0.15) is 0 Å². The summed E-state index contributed by atoms with van der Waals surface area (Å²) in [5, 5.41) is 7.16. The van der Waals surface area contributed by atoms with Crippen molar-refractivity contribution >= 4 is 28.5 Å². The number of amides is 1. The van der Waals surface area contributed by atoms with Crippen molar-refractivity contribution in [1.29, 1.82) is 0 Å². The third kappa shape index (κ3) is 3.54. The molecule has 2 aliphatic carbocycles. The number of nitrogens with zero attached hydrogens (tertiary/aromatic N) is 2. The number of aromatic nitrogens is 1. The third-order valence-electron chi connectivity index (χ3n) is 5.88. The zero-order valence-corrected chi connectivity index (χ0v) is 16.1. The fourth-order valence-corrected chi connectivity index (χ4v) is 5.42. The highest BCUT2D eigenvalue weighted by atomic mass is 32.2. The van der Waals surface area contributed by atoms with Crippen LogP contribution in [0.15, 0.2) is 23.3 Å². The normalized spacial score (nSPS) is 34.3. The van der Waals surface area contributed by atoms with Crippen LogP contribution < -0.4 is 15.4 Å². The number of thioether (sulfide) groups is 1. The van der Waals surface area contributed by atoms with Gasteiger partial charge in [0, 0.05) is 12.6 Å². The lowest BCUT2D eigenvalue weighted by atomic mass is 9.96. The van der Waals surface area contributed by atoms with Gasteiger partial charge in [0.05, 0.1) is 25.0 Å². The van der Waals surface area contributed by atoms with Crippen molar-refractivity contribution in [3.05, 3.63) is 18.3 Å². The number of carbonyl (C=O) groups excluding carboxylic acids is 1. The fourth-order valence-electron chi connectivity index (χ4n) is 4.31. The van der Waals surface area contributed by atoms with E-state index < -0.39 is 4.75 Å². The molecule has 1 saturated heterocycles. The van der Waals surface area contributed by atoms with E-state index in [9.17, 15) is 4.79 Å². The summed E-state index contributed by atoms with van der Waals surface area (Å²) in [4.78, 5) is 21.6. The number of methoxy groups -OCH3 is 1. The molecule has 2 bridgehead atoms. The van der Waals surface area contributed by atoms with Crippen LogP contribution in [0.1, 0.15) is 39.0 Å². The molecule has 7 heteroatoms. The number of hydrogen-bond donors (Lipinski definition) is 2. The van der Waals surface area contributed by atoms with Crippen LogP contribution in [0.25, 0.3) is 0 Å². The second-order valence-electron chi connectivity index (χ2n) is 7.73. The third-order valence-corrected chi connectivity index (χ3v) is 7.12. The maximum atomic E-state index is 12.5. The zero-order chi connectivity index (χ0) is 18.1. The molecule has 0 radical (unpaired) electrons. The lowest BCUT2D eigenvalue weighted by Gasteiger charge is -2.20. The predicted octanol–water partition coefficient (Wildman–Crippen LogP) is 3.06. The average Bonchev–Trinajstić information content (AvgIpc) is 3.31. The summed E-state index contributed by atoms with van der Waals surface area (Å²) in [5.74, 6) is 2.26. The Hall–Kier alpha value is -1.76. The van der Waals surface area contributed by atoms with Gasteiger partial charge in [-0.3, -0.25) is 9.79 Å². The average molecular weight is 375 g/mol. The van der Waals surface area contributed by atoms with E-state index >= 15 is 0 Å². The molecule has 140 valence electrons. The standard InChI is InChI=1S/C19H26N4O2S/c1-19(7-8-20-14-5-6-16(25-2)21-11-14)17(24)23-18(26-19)22-15-10-12-3-4-13(15)9-12/h5-6,11-13,15,20H,3-4,7-10H2,1-2H3,(H,22,23,24). The Morgan fingerprint density at radius 1 is 1.42 bits per heavy atom. The molecule has 2 N–H and O–H groups in total. The minimum Gasteiger partial charge on any atom is -0.481 e. The van der Waals surface area contributed by atoms with Gasteiger partial charge in [0.15, 0.2) is 5.17 Å². The fraction of sp³-hybridized carbons (Fsp3) is 0.632. The van der Waals surface area contributed by atoms with E-state index in [0.29, 0.717) is 18.5 Å². The van der Waals surface area contributed by atoms with Crippen molar-refractivity contribution in [2.75, 3.05) is 19.0 Å². The zero-order valence-electron chi connectivity index (χ0n) is 15.3. The molecule has 2 heterocycles. The molecule has 0 aromatic carbocycles. The van der Waals surface area contributed by atoms with E-state index in [2.05, 4.69) is 15.6 Å². The molecule has 3 aliphatic rings. The highest BCUT2D eigenvalue weighted by Crippen LogP contribution is 2.46. The molecular formula is C19H26N4O2S. The SMILES string of the molecule is COc1ccc(NCCC2(C)SC(=NC3CC4CCC3C4)NC2=O)cn1. The second kappa shape index (κ2) is 7.10. The number of rotatable bonds is 6. The molecule has 3 fully saturated rings. The molecule has 4 atom stereocenters. The van der Waals surface area contributed by atoms with Crippen molar-refractivity contribution in [2.45, 2.75) is 49.8 Å². The van der Waals surface area contributed by atoms with Crippen LogP contribution >= 0.6 is 11.8 Å². The van der Waals surface area contributed by atoms with Gasteiger partial charge in [-0.1, -0.05) is 18.2 Å². The van der Waals surface area contributed by atoms with E-state index in [4.69, 9.17) is 9.73 Å². The van der Waals surface area contributed by atoms with Crippen molar-refractivity contribution < 1.29 is 9.53 Å². The van der Waals surface area contributed by atoms with Crippen LogP contribution in [-0.2, 0) is 4.79 Å². The van der Waals surface area contributed by atoms with E-state index in [1.807, 2.05) is 19.1 Å². The van der Waals surface area contributed by atoms with Crippen LogP contribution in [0.2, 0.25) is 0 Å². The number of anilines is 1. The molecule has 1 amide bonds. The summed E-state index contributed by atoms with van der Waals surface area (Å²) >= 11 is 1.59. The smallest absolute Gasteiger partial charge is 0.242 e. The van der Waals surface area contributed by atoms with Gasteiger partial charge < -0.3 is 15.4 Å². The summed E-state index contributed by atoms with van der Waals surface area (Å²) < 4.78 is 4.59. The molecule has 4 unspecified atom stereocenters. The molecule has 0 spiro atoms. The Bertz CT molecular complexity index is 708.